The van der Waals surface area contributed by atoms with Gasteiger partial charge < -0.3 is 20.7 Å². The van der Waals surface area contributed by atoms with Crippen molar-refractivity contribution >= 4 is 27.2 Å². The second-order valence-electron chi connectivity index (χ2n) is 7.91. The Morgan fingerprint density at radius 3 is 2.31 bits per heavy atom. The van der Waals surface area contributed by atoms with E-state index in [1.807, 2.05) is 24.3 Å². The van der Waals surface area contributed by atoms with Gasteiger partial charge in [0.25, 0.3) is 0 Å². The Balaban J connectivity index is 1.67. The quantitative estimate of drug-likeness (QED) is 0.467. The number of alkyl halides is 3. The van der Waals surface area contributed by atoms with Gasteiger partial charge in [0.05, 0.1) is 12.8 Å². The van der Waals surface area contributed by atoms with Crippen LogP contribution in [0.4, 0.5) is 30.4 Å². The van der Waals surface area contributed by atoms with Crippen LogP contribution in [0.2, 0.25) is 0 Å². The van der Waals surface area contributed by atoms with Crippen LogP contribution in [0.3, 0.4) is 0 Å². The minimum absolute atomic E-state index is 0.0761. The third-order valence-corrected chi connectivity index (χ3v) is 6.76. The monoisotopic (exact) mass is 507 g/mol. The standard InChI is InChI=1S/C23H24F3N5O3S/c1-34-21-7-4-16(13-20(21)30-35(32,33)23(24,25)26)19-12-17(14-29-22(19)27)15-2-5-18(6-3-15)31-10-8-28-9-11-31/h2-7,12-14,28,30H,8-11H2,1H3,(H2,27,29). The van der Waals surface area contributed by atoms with Gasteiger partial charge in [0, 0.05) is 49.2 Å². The molecule has 35 heavy (non-hydrogen) atoms. The zero-order valence-electron chi connectivity index (χ0n) is 18.8. The van der Waals surface area contributed by atoms with Gasteiger partial charge in [-0.05, 0) is 41.5 Å². The summed E-state index contributed by atoms with van der Waals surface area (Å²) >= 11 is 0. The fourth-order valence-corrected chi connectivity index (χ4v) is 4.37. The number of nitrogens with one attached hydrogen (secondary N) is 2. The Morgan fingerprint density at radius 2 is 1.69 bits per heavy atom. The summed E-state index contributed by atoms with van der Waals surface area (Å²) < 4.78 is 68.6. The van der Waals surface area contributed by atoms with Gasteiger partial charge in [0.2, 0.25) is 0 Å². The summed E-state index contributed by atoms with van der Waals surface area (Å²) in [6.45, 7) is 3.70. The smallest absolute Gasteiger partial charge is 0.495 e. The van der Waals surface area contributed by atoms with E-state index in [1.165, 1.54) is 19.2 Å². The highest BCUT2D eigenvalue weighted by molar-refractivity contribution is 7.93. The number of nitrogen functional groups attached to an aromatic ring is 1. The lowest BCUT2D eigenvalue weighted by molar-refractivity contribution is -0.0429. The molecule has 1 aromatic heterocycles. The Hall–Kier alpha value is -3.51. The molecule has 0 aliphatic carbocycles. The molecule has 8 nitrogen and oxygen atoms in total. The number of piperazine rings is 1. The van der Waals surface area contributed by atoms with Crippen molar-refractivity contribution < 1.29 is 26.3 Å². The molecule has 1 fully saturated rings. The lowest BCUT2D eigenvalue weighted by atomic mass is 10.00. The van der Waals surface area contributed by atoms with E-state index >= 15 is 0 Å². The minimum Gasteiger partial charge on any atom is -0.495 e. The highest BCUT2D eigenvalue weighted by Crippen LogP contribution is 2.37. The van der Waals surface area contributed by atoms with E-state index in [2.05, 4.69) is 15.2 Å². The SMILES string of the molecule is COc1ccc(-c2cc(-c3ccc(N4CCNCC4)cc3)cnc2N)cc1NS(=O)(=O)C(F)(F)F. The number of sulfonamides is 1. The molecule has 4 N–H and O–H groups in total. The first-order chi connectivity index (χ1) is 16.6. The molecule has 0 saturated carbocycles. The molecule has 3 aromatic rings. The van der Waals surface area contributed by atoms with Gasteiger partial charge in [-0.2, -0.15) is 21.6 Å². The zero-order valence-corrected chi connectivity index (χ0v) is 19.6. The van der Waals surface area contributed by atoms with Crippen molar-refractivity contribution in [2.75, 3.05) is 48.6 Å². The normalized spacial score (nSPS) is 14.6. The summed E-state index contributed by atoms with van der Waals surface area (Å²) in [5.74, 6) is 0.0637. The van der Waals surface area contributed by atoms with Gasteiger partial charge in [-0.1, -0.05) is 18.2 Å². The van der Waals surface area contributed by atoms with Crippen molar-refractivity contribution in [1.82, 2.24) is 10.3 Å². The van der Waals surface area contributed by atoms with Crippen LogP contribution in [-0.2, 0) is 10.0 Å². The average Bonchev–Trinajstić information content (AvgIpc) is 2.84. The number of ether oxygens (including phenoxy) is 1. The van der Waals surface area contributed by atoms with Crippen molar-refractivity contribution in [1.29, 1.82) is 0 Å². The number of aromatic nitrogens is 1. The van der Waals surface area contributed by atoms with E-state index in [9.17, 15) is 21.6 Å². The number of halogens is 3. The maximum absolute atomic E-state index is 12.9. The van der Waals surface area contributed by atoms with Gasteiger partial charge in [0.1, 0.15) is 11.6 Å². The number of rotatable bonds is 6. The third-order valence-electron chi connectivity index (χ3n) is 5.66. The van der Waals surface area contributed by atoms with E-state index in [4.69, 9.17) is 10.5 Å². The van der Waals surface area contributed by atoms with Crippen LogP contribution in [0.5, 0.6) is 5.75 Å². The predicted molar refractivity (Wildman–Crippen MR) is 130 cm³/mol. The van der Waals surface area contributed by atoms with Gasteiger partial charge in [-0.25, -0.2) is 4.98 Å². The van der Waals surface area contributed by atoms with E-state index in [0.717, 1.165) is 43.0 Å². The molecule has 0 spiro atoms. The van der Waals surface area contributed by atoms with Crippen LogP contribution < -0.4 is 25.4 Å². The van der Waals surface area contributed by atoms with Gasteiger partial charge >= 0.3 is 15.5 Å². The molecule has 1 aliphatic heterocycles. The van der Waals surface area contributed by atoms with Gasteiger partial charge in [-0.3, -0.25) is 4.72 Å². The number of methoxy groups -OCH3 is 1. The van der Waals surface area contributed by atoms with Crippen LogP contribution >= 0.6 is 0 Å². The summed E-state index contributed by atoms with van der Waals surface area (Å²) in [5.41, 5.74) is 3.75. The summed E-state index contributed by atoms with van der Waals surface area (Å²) in [7, 11) is -4.42. The molecular formula is C23H24F3N5O3S. The Morgan fingerprint density at radius 1 is 1.03 bits per heavy atom. The largest absolute Gasteiger partial charge is 0.516 e. The van der Waals surface area contributed by atoms with Crippen LogP contribution in [0.1, 0.15) is 0 Å². The first-order valence-electron chi connectivity index (χ1n) is 10.7. The molecule has 0 radical (unpaired) electrons. The molecule has 2 aromatic carbocycles. The first kappa shape index (κ1) is 24.6. The Labute approximate surface area is 201 Å². The first-order valence-corrected chi connectivity index (χ1v) is 12.2. The minimum atomic E-state index is -5.64. The fourth-order valence-electron chi connectivity index (χ4n) is 3.81. The molecule has 1 aliphatic rings. The van der Waals surface area contributed by atoms with Crippen LogP contribution in [-0.4, -0.2) is 52.2 Å². The third kappa shape index (κ3) is 5.28. The molecule has 2 heterocycles. The number of nitrogens with zero attached hydrogens (tertiary/aromatic N) is 2. The van der Waals surface area contributed by atoms with Crippen molar-refractivity contribution in [2.24, 2.45) is 0 Å². The second kappa shape index (κ2) is 9.62. The van der Waals surface area contributed by atoms with Crippen molar-refractivity contribution in [3.8, 4) is 28.0 Å². The molecule has 0 amide bonds. The van der Waals surface area contributed by atoms with Gasteiger partial charge in [0.15, 0.2) is 0 Å². The maximum Gasteiger partial charge on any atom is 0.516 e. The topological polar surface area (TPSA) is 110 Å². The molecule has 186 valence electrons. The van der Waals surface area contributed by atoms with Crippen molar-refractivity contribution in [3.05, 3.63) is 54.7 Å². The van der Waals surface area contributed by atoms with Crippen molar-refractivity contribution in [2.45, 2.75) is 5.51 Å². The van der Waals surface area contributed by atoms with Crippen LogP contribution in [0, 0.1) is 0 Å². The lowest BCUT2D eigenvalue weighted by Crippen LogP contribution is -2.43. The summed E-state index contributed by atoms with van der Waals surface area (Å²) in [6, 6.07) is 13.9. The van der Waals surface area contributed by atoms with Crippen LogP contribution in [0.25, 0.3) is 22.3 Å². The van der Waals surface area contributed by atoms with E-state index < -0.39 is 15.5 Å². The Kier molecular flexibility index (Phi) is 6.77. The fraction of sp³-hybridized carbons (Fsp3) is 0.261. The molecule has 0 unspecified atom stereocenters. The summed E-state index contributed by atoms with van der Waals surface area (Å²) in [5, 5.41) is 3.32. The van der Waals surface area contributed by atoms with E-state index in [-0.39, 0.29) is 17.3 Å². The number of nitrogens with two attached hydrogens (primary N) is 1. The van der Waals surface area contributed by atoms with E-state index in [0.29, 0.717) is 11.1 Å². The number of anilines is 3. The zero-order chi connectivity index (χ0) is 25.2. The van der Waals surface area contributed by atoms with Crippen molar-refractivity contribution in [3.63, 3.8) is 0 Å². The maximum atomic E-state index is 12.9. The predicted octanol–water partition coefficient (Wildman–Crippen LogP) is 3.68. The molecule has 0 atom stereocenters. The lowest BCUT2D eigenvalue weighted by Gasteiger charge is -2.29. The number of hydrogen-bond acceptors (Lipinski definition) is 7. The van der Waals surface area contributed by atoms with Gasteiger partial charge in [-0.15, -0.1) is 0 Å². The number of benzene rings is 2. The molecule has 4 rings (SSSR count). The Bertz CT molecular complexity index is 1310. The number of hydrogen-bond donors (Lipinski definition) is 3. The highest BCUT2D eigenvalue weighted by atomic mass is 32.2. The summed E-state index contributed by atoms with van der Waals surface area (Å²) in [6.07, 6.45) is 1.61. The van der Waals surface area contributed by atoms with Crippen LogP contribution in [0.15, 0.2) is 54.7 Å². The molecule has 1 saturated heterocycles. The van der Waals surface area contributed by atoms with E-state index in [1.54, 1.807) is 23.1 Å². The summed E-state index contributed by atoms with van der Waals surface area (Å²) in [4.78, 5) is 6.52. The highest BCUT2D eigenvalue weighted by Gasteiger charge is 2.46. The average molecular weight is 508 g/mol. The molecular weight excluding hydrogens is 483 g/mol. The molecule has 12 heteroatoms. The second-order valence-corrected chi connectivity index (χ2v) is 9.58. The number of pyridine rings is 1. The molecule has 0 bridgehead atoms.